The molecule has 6 nitrogen and oxygen atoms in total. The van der Waals surface area contributed by atoms with Crippen molar-refractivity contribution in [2.75, 3.05) is 7.11 Å². The lowest BCUT2D eigenvalue weighted by Gasteiger charge is -2.35. The van der Waals surface area contributed by atoms with Gasteiger partial charge in [0.2, 0.25) is 5.91 Å². The van der Waals surface area contributed by atoms with Gasteiger partial charge in [-0.1, -0.05) is 6.92 Å². The van der Waals surface area contributed by atoms with Crippen molar-refractivity contribution in [3.63, 3.8) is 0 Å². The summed E-state index contributed by atoms with van der Waals surface area (Å²) >= 11 is 0. The summed E-state index contributed by atoms with van der Waals surface area (Å²) < 4.78 is 66.1. The smallest absolute Gasteiger partial charge is 0.410 e. The summed E-state index contributed by atoms with van der Waals surface area (Å²) in [5.41, 5.74) is -2.34. The third-order valence-electron chi connectivity index (χ3n) is 8.42. The lowest BCUT2D eigenvalue weighted by molar-refractivity contribution is -0.189. The zero-order valence-corrected chi connectivity index (χ0v) is 21.7. The Morgan fingerprint density at radius 1 is 0.973 bits per heavy atom. The van der Waals surface area contributed by atoms with Gasteiger partial charge in [-0.15, -0.1) is 0 Å². The molecular weight excluding hydrogens is 492 g/mol. The molecule has 2 bridgehead atoms. The first-order valence-electron chi connectivity index (χ1n) is 13.0. The number of amides is 2. The van der Waals surface area contributed by atoms with Crippen LogP contribution in [0.4, 0.5) is 17.6 Å². The summed E-state index contributed by atoms with van der Waals surface area (Å²) in [6, 6.07) is 1.79. The molecule has 3 saturated carbocycles. The molecule has 0 aliphatic heterocycles. The Morgan fingerprint density at radius 2 is 1.62 bits per heavy atom. The number of benzene rings is 1. The van der Waals surface area contributed by atoms with E-state index in [2.05, 4.69) is 17.6 Å². The molecule has 4 rings (SSSR count). The van der Waals surface area contributed by atoms with Crippen molar-refractivity contribution >= 4 is 11.8 Å². The SMILES string of the molecule is COc1cc(F)c(OC2CCC(C)CC2)cc1C(=O)N[C@@H]1[C@H]2CC[C@H](C2)[C@@H]1C(=O)NC(C)(C)C(F)(F)F. The maximum absolute atomic E-state index is 14.8. The first-order valence-corrected chi connectivity index (χ1v) is 13.0. The fourth-order valence-electron chi connectivity index (χ4n) is 6.07. The molecule has 3 fully saturated rings. The van der Waals surface area contributed by atoms with E-state index in [0.717, 1.165) is 58.4 Å². The molecule has 4 atom stereocenters. The fourth-order valence-corrected chi connectivity index (χ4v) is 6.07. The summed E-state index contributed by atoms with van der Waals surface area (Å²) in [6.07, 6.45) is 0.942. The van der Waals surface area contributed by atoms with E-state index in [9.17, 15) is 27.2 Å². The van der Waals surface area contributed by atoms with Crippen LogP contribution in [0.25, 0.3) is 0 Å². The molecule has 206 valence electrons. The molecular formula is C27H36F4N2O4. The van der Waals surface area contributed by atoms with Crippen LogP contribution < -0.4 is 20.1 Å². The average molecular weight is 529 g/mol. The van der Waals surface area contributed by atoms with Gasteiger partial charge in [-0.05, 0) is 82.6 Å². The molecule has 1 aromatic rings. The second-order valence-electron chi connectivity index (χ2n) is 11.5. The maximum atomic E-state index is 14.8. The number of hydrogen-bond acceptors (Lipinski definition) is 4. The van der Waals surface area contributed by atoms with Crippen LogP contribution in [0.5, 0.6) is 11.5 Å². The first-order chi connectivity index (χ1) is 17.3. The number of alkyl halides is 3. The summed E-state index contributed by atoms with van der Waals surface area (Å²) in [5.74, 6) is -2.29. The van der Waals surface area contributed by atoms with Gasteiger partial charge >= 0.3 is 6.18 Å². The summed E-state index contributed by atoms with van der Waals surface area (Å²) in [4.78, 5) is 26.4. The molecule has 0 heterocycles. The van der Waals surface area contributed by atoms with E-state index in [1.807, 2.05) is 0 Å². The van der Waals surface area contributed by atoms with E-state index < -0.39 is 41.3 Å². The predicted octanol–water partition coefficient (Wildman–Crippen LogP) is 5.39. The highest BCUT2D eigenvalue weighted by molar-refractivity contribution is 5.98. The van der Waals surface area contributed by atoms with Crippen molar-refractivity contribution in [2.45, 2.75) is 89.6 Å². The van der Waals surface area contributed by atoms with E-state index in [0.29, 0.717) is 12.3 Å². The van der Waals surface area contributed by atoms with Crippen molar-refractivity contribution < 1.29 is 36.6 Å². The molecule has 2 N–H and O–H groups in total. The lowest BCUT2D eigenvalue weighted by Crippen LogP contribution is -2.59. The van der Waals surface area contributed by atoms with Gasteiger partial charge in [-0.25, -0.2) is 4.39 Å². The minimum Gasteiger partial charge on any atom is -0.496 e. The minimum absolute atomic E-state index is 0.0157. The molecule has 0 spiro atoms. The molecule has 0 saturated heterocycles. The van der Waals surface area contributed by atoms with Crippen LogP contribution in [0.2, 0.25) is 0 Å². The Morgan fingerprint density at radius 3 is 2.24 bits per heavy atom. The topological polar surface area (TPSA) is 76.7 Å². The van der Waals surface area contributed by atoms with Crippen LogP contribution in [-0.4, -0.2) is 42.8 Å². The number of carbonyl (C=O) groups excluding carboxylic acids is 2. The Hall–Kier alpha value is -2.52. The van der Waals surface area contributed by atoms with Gasteiger partial charge in [0.25, 0.3) is 5.91 Å². The third-order valence-corrected chi connectivity index (χ3v) is 8.42. The Kier molecular flexibility index (Phi) is 7.68. The van der Waals surface area contributed by atoms with Crippen LogP contribution in [0.1, 0.15) is 76.1 Å². The monoisotopic (exact) mass is 528 g/mol. The number of hydrogen-bond donors (Lipinski definition) is 2. The molecule has 0 aromatic heterocycles. The van der Waals surface area contributed by atoms with Gasteiger partial charge in [0.15, 0.2) is 11.6 Å². The van der Waals surface area contributed by atoms with E-state index in [4.69, 9.17) is 9.47 Å². The van der Waals surface area contributed by atoms with Crippen molar-refractivity contribution in [3.05, 3.63) is 23.5 Å². The van der Waals surface area contributed by atoms with E-state index in [-0.39, 0.29) is 35.0 Å². The highest BCUT2D eigenvalue weighted by atomic mass is 19.4. The van der Waals surface area contributed by atoms with Gasteiger partial charge < -0.3 is 20.1 Å². The van der Waals surface area contributed by atoms with Gasteiger partial charge in [-0.2, -0.15) is 13.2 Å². The van der Waals surface area contributed by atoms with Crippen molar-refractivity contribution in [1.29, 1.82) is 0 Å². The summed E-state index contributed by atoms with van der Waals surface area (Å²) in [7, 11) is 1.32. The normalized spacial score (nSPS) is 29.6. The molecule has 3 aliphatic rings. The fraction of sp³-hybridized carbons (Fsp3) is 0.704. The Labute approximate surface area is 214 Å². The van der Waals surface area contributed by atoms with Gasteiger partial charge in [0.05, 0.1) is 24.7 Å². The number of carbonyl (C=O) groups is 2. The predicted molar refractivity (Wildman–Crippen MR) is 129 cm³/mol. The van der Waals surface area contributed by atoms with Crippen LogP contribution in [0, 0.1) is 29.5 Å². The first kappa shape index (κ1) is 27.5. The van der Waals surface area contributed by atoms with Crippen molar-refractivity contribution in [3.8, 4) is 11.5 Å². The minimum atomic E-state index is -4.62. The summed E-state index contributed by atoms with van der Waals surface area (Å²) in [6.45, 7) is 4.01. The quantitative estimate of drug-likeness (QED) is 0.465. The molecule has 0 unspecified atom stereocenters. The molecule has 2 amide bonds. The molecule has 37 heavy (non-hydrogen) atoms. The van der Waals surface area contributed by atoms with E-state index in [1.54, 1.807) is 0 Å². The number of fused-ring (bicyclic) bond motifs is 2. The van der Waals surface area contributed by atoms with Crippen molar-refractivity contribution in [2.24, 2.45) is 23.7 Å². The molecule has 10 heteroatoms. The number of ether oxygens (including phenoxy) is 2. The summed E-state index contributed by atoms with van der Waals surface area (Å²) in [5, 5.41) is 5.02. The maximum Gasteiger partial charge on any atom is 0.410 e. The molecule has 0 radical (unpaired) electrons. The zero-order chi connectivity index (χ0) is 27.1. The average Bonchev–Trinajstić information content (AvgIpc) is 3.42. The number of methoxy groups -OCH3 is 1. The van der Waals surface area contributed by atoms with E-state index in [1.165, 1.54) is 13.2 Å². The molecule has 1 aromatic carbocycles. The Bertz CT molecular complexity index is 1020. The number of rotatable bonds is 7. The van der Waals surface area contributed by atoms with Gasteiger partial charge in [0, 0.05) is 12.1 Å². The van der Waals surface area contributed by atoms with Crippen LogP contribution in [0.15, 0.2) is 12.1 Å². The number of nitrogens with one attached hydrogen (secondary N) is 2. The molecule has 3 aliphatic carbocycles. The standard InChI is InChI=1S/C27H36F4N2O4/c1-14-5-9-17(10-6-14)37-21-12-18(20(36-4)13-19(21)28)24(34)32-23-16-8-7-15(11-16)22(23)25(35)33-26(2,3)27(29,30)31/h12-17,22-23H,5-11H2,1-4H3,(H,32,34)(H,33,35)/t14?,15-,16+,17?,22+,23-/m1/s1. The largest absolute Gasteiger partial charge is 0.496 e. The zero-order valence-electron chi connectivity index (χ0n) is 21.7. The van der Waals surface area contributed by atoms with Crippen LogP contribution in [0.3, 0.4) is 0 Å². The highest BCUT2D eigenvalue weighted by Gasteiger charge is 2.55. The Balaban J connectivity index is 1.53. The second-order valence-corrected chi connectivity index (χ2v) is 11.5. The lowest BCUT2D eigenvalue weighted by atomic mass is 9.83. The number of halogens is 4. The highest BCUT2D eigenvalue weighted by Crippen LogP contribution is 2.49. The third kappa shape index (κ3) is 5.67. The van der Waals surface area contributed by atoms with Crippen LogP contribution >= 0.6 is 0 Å². The van der Waals surface area contributed by atoms with Gasteiger partial charge in [-0.3, -0.25) is 9.59 Å². The van der Waals surface area contributed by atoms with Gasteiger partial charge in [0.1, 0.15) is 11.3 Å². The van der Waals surface area contributed by atoms with Crippen LogP contribution in [-0.2, 0) is 4.79 Å². The van der Waals surface area contributed by atoms with E-state index >= 15 is 0 Å². The van der Waals surface area contributed by atoms with Crippen molar-refractivity contribution in [1.82, 2.24) is 10.6 Å². The second kappa shape index (κ2) is 10.3.